The van der Waals surface area contributed by atoms with Crippen LogP contribution in [-0.4, -0.2) is 50.1 Å². The molecule has 4 heteroatoms. The number of amides is 1. The molecule has 0 atom stereocenters. The Bertz CT molecular complexity index is 665. The molecule has 1 saturated heterocycles. The normalized spacial score (nSPS) is 15.5. The van der Waals surface area contributed by atoms with Crippen LogP contribution in [0.15, 0.2) is 42.5 Å². The van der Waals surface area contributed by atoms with E-state index in [1.807, 2.05) is 0 Å². The molecule has 2 N–H and O–H groups in total. The minimum absolute atomic E-state index is 0.156. The number of carbonyl (C=O) groups excluding carboxylic acids is 1. The predicted octanol–water partition coefficient (Wildman–Crippen LogP) is 2.18. The van der Waals surface area contributed by atoms with E-state index >= 15 is 0 Å². The predicted molar refractivity (Wildman–Crippen MR) is 99.2 cm³/mol. The third kappa shape index (κ3) is 5.05. The molecule has 0 spiro atoms. The van der Waals surface area contributed by atoms with Crippen molar-refractivity contribution < 1.29 is 4.79 Å². The summed E-state index contributed by atoms with van der Waals surface area (Å²) in [5.41, 5.74) is 1.23. The number of hydrogen-bond donors (Lipinski definition) is 2. The second-order valence-corrected chi connectivity index (χ2v) is 6.48. The van der Waals surface area contributed by atoms with Crippen LogP contribution in [0.5, 0.6) is 0 Å². The second kappa shape index (κ2) is 8.81. The van der Waals surface area contributed by atoms with Gasteiger partial charge >= 0.3 is 0 Å². The molecule has 2 aromatic rings. The molecule has 0 aliphatic carbocycles. The average Bonchev–Trinajstić information content (AvgIpc) is 2.64. The number of piperazine rings is 1. The number of nitrogens with zero attached hydrogens (tertiary/aromatic N) is 1. The van der Waals surface area contributed by atoms with Crippen molar-refractivity contribution in [1.29, 1.82) is 0 Å². The van der Waals surface area contributed by atoms with Gasteiger partial charge in [0.25, 0.3) is 0 Å². The van der Waals surface area contributed by atoms with Crippen molar-refractivity contribution in [1.82, 2.24) is 15.5 Å². The molecule has 0 aromatic heterocycles. The first-order valence-electron chi connectivity index (χ1n) is 8.99. The Hall–Kier alpha value is -1.91. The maximum atomic E-state index is 12.0. The molecule has 1 aliphatic heterocycles. The number of aryl methyl sites for hydroxylation is 1. The van der Waals surface area contributed by atoms with Gasteiger partial charge in [-0.05, 0) is 35.7 Å². The van der Waals surface area contributed by atoms with Gasteiger partial charge in [0.1, 0.15) is 0 Å². The first-order chi connectivity index (χ1) is 11.8. The summed E-state index contributed by atoms with van der Waals surface area (Å²) < 4.78 is 0. The zero-order valence-corrected chi connectivity index (χ0v) is 14.3. The third-order valence-corrected chi connectivity index (χ3v) is 4.64. The molecule has 3 rings (SSSR count). The Balaban J connectivity index is 1.35. The van der Waals surface area contributed by atoms with E-state index in [0.717, 1.165) is 52.1 Å². The van der Waals surface area contributed by atoms with Crippen LogP contribution in [0, 0.1) is 0 Å². The molecule has 1 amide bonds. The van der Waals surface area contributed by atoms with Crippen LogP contribution in [0.4, 0.5) is 0 Å². The monoisotopic (exact) mass is 325 g/mol. The van der Waals surface area contributed by atoms with Gasteiger partial charge in [0, 0.05) is 39.1 Å². The summed E-state index contributed by atoms with van der Waals surface area (Å²) in [7, 11) is 0. The van der Waals surface area contributed by atoms with Gasteiger partial charge in [0.2, 0.25) is 5.91 Å². The van der Waals surface area contributed by atoms with Gasteiger partial charge in [-0.25, -0.2) is 0 Å². The Morgan fingerprint density at radius 1 is 1.08 bits per heavy atom. The lowest BCUT2D eigenvalue weighted by atomic mass is 10.0. The molecule has 0 unspecified atom stereocenters. The highest BCUT2D eigenvalue weighted by molar-refractivity contribution is 5.83. The van der Waals surface area contributed by atoms with E-state index in [0.29, 0.717) is 6.42 Å². The Morgan fingerprint density at radius 3 is 2.71 bits per heavy atom. The fourth-order valence-electron chi connectivity index (χ4n) is 3.21. The van der Waals surface area contributed by atoms with E-state index in [4.69, 9.17) is 0 Å². The third-order valence-electron chi connectivity index (χ3n) is 4.64. The topological polar surface area (TPSA) is 44.4 Å². The number of nitrogens with one attached hydrogen (secondary N) is 2. The fourth-order valence-corrected chi connectivity index (χ4v) is 3.21. The molecular formula is C20H27N3O. The van der Waals surface area contributed by atoms with E-state index < -0.39 is 0 Å². The molecule has 1 fully saturated rings. The van der Waals surface area contributed by atoms with Crippen molar-refractivity contribution in [2.45, 2.75) is 19.3 Å². The van der Waals surface area contributed by atoms with E-state index in [-0.39, 0.29) is 5.91 Å². The van der Waals surface area contributed by atoms with E-state index in [2.05, 4.69) is 58.0 Å². The molecule has 1 heterocycles. The SMILES string of the molecule is O=C(CCc1ccc2ccccc2c1)NCCCN1CCNCC1. The van der Waals surface area contributed by atoms with Crippen molar-refractivity contribution >= 4 is 16.7 Å². The molecule has 4 nitrogen and oxygen atoms in total. The Morgan fingerprint density at radius 2 is 1.88 bits per heavy atom. The Kier molecular flexibility index (Phi) is 6.21. The highest BCUT2D eigenvalue weighted by atomic mass is 16.1. The van der Waals surface area contributed by atoms with Crippen LogP contribution in [0.3, 0.4) is 0 Å². The summed E-state index contributed by atoms with van der Waals surface area (Å²) in [5, 5.41) is 8.89. The van der Waals surface area contributed by atoms with Crippen molar-refractivity contribution in [2.24, 2.45) is 0 Å². The quantitative estimate of drug-likeness (QED) is 0.767. The van der Waals surface area contributed by atoms with Gasteiger partial charge in [0.05, 0.1) is 0 Å². The fraction of sp³-hybridized carbons (Fsp3) is 0.450. The van der Waals surface area contributed by atoms with Gasteiger partial charge in [-0.2, -0.15) is 0 Å². The van der Waals surface area contributed by atoms with Gasteiger partial charge in [-0.15, -0.1) is 0 Å². The molecule has 0 bridgehead atoms. The molecule has 24 heavy (non-hydrogen) atoms. The second-order valence-electron chi connectivity index (χ2n) is 6.48. The molecule has 2 aromatic carbocycles. The number of benzene rings is 2. The number of fused-ring (bicyclic) bond motifs is 1. The summed E-state index contributed by atoms with van der Waals surface area (Å²) in [6, 6.07) is 14.8. The first-order valence-corrected chi connectivity index (χ1v) is 8.99. The maximum absolute atomic E-state index is 12.0. The van der Waals surface area contributed by atoms with Crippen LogP contribution < -0.4 is 10.6 Å². The number of carbonyl (C=O) groups is 1. The minimum Gasteiger partial charge on any atom is -0.356 e. The smallest absolute Gasteiger partial charge is 0.220 e. The van der Waals surface area contributed by atoms with E-state index in [9.17, 15) is 4.79 Å². The minimum atomic E-state index is 0.156. The summed E-state index contributed by atoms with van der Waals surface area (Å²) in [6.07, 6.45) is 2.39. The van der Waals surface area contributed by atoms with Crippen LogP contribution in [-0.2, 0) is 11.2 Å². The highest BCUT2D eigenvalue weighted by Gasteiger charge is 2.08. The highest BCUT2D eigenvalue weighted by Crippen LogP contribution is 2.16. The summed E-state index contributed by atoms with van der Waals surface area (Å²) >= 11 is 0. The van der Waals surface area contributed by atoms with Crippen LogP contribution in [0.25, 0.3) is 10.8 Å². The lowest BCUT2D eigenvalue weighted by Gasteiger charge is -2.27. The van der Waals surface area contributed by atoms with Gasteiger partial charge in [-0.3, -0.25) is 4.79 Å². The summed E-state index contributed by atoms with van der Waals surface area (Å²) in [6.45, 7) is 6.26. The lowest BCUT2D eigenvalue weighted by molar-refractivity contribution is -0.121. The summed E-state index contributed by atoms with van der Waals surface area (Å²) in [4.78, 5) is 14.5. The summed E-state index contributed by atoms with van der Waals surface area (Å²) in [5.74, 6) is 0.156. The van der Waals surface area contributed by atoms with E-state index in [1.165, 1.54) is 16.3 Å². The molecular weight excluding hydrogens is 298 g/mol. The standard InChI is InChI=1S/C20H27N3O/c24-20(22-10-3-13-23-14-11-21-12-15-23)9-7-17-6-8-18-4-1-2-5-19(18)16-17/h1-2,4-6,8,16,21H,3,7,9-15H2,(H,22,24). The molecule has 0 saturated carbocycles. The van der Waals surface area contributed by atoms with Crippen molar-refractivity contribution in [2.75, 3.05) is 39.3 Å². The molecule has 1 aliphatic rings. The Labute approximate surface area is 144 Å². The number of hydrogen-bond acceptors (Lipinski definition) is 3. The van der Waals surface area contributed by atoms with Gasteiger partial charge < -0.3 is 15.5 Å². The van der Waals surface area contributed by atoms with Crippen LogP contribution in [0.1, 0.15) is 18.4 Å². The number of rotatable bonds is 7. The first kappa shape index (κ1) is 16.9. The van der Waals surface area contributed by atoms with Crippen LogP contribution in [0.2, 0.25) is 0 Å². The lowest BCUT2D eigenvalue weighted by Crippen LogP contribution is -2.44. The zero-order valence-electron chi connectivity index (χ0n) is 14.3. The van der Waals surface area contributed by atoms with Gasteiger partial charge in [0.15, 0.2) is 0 Å². The average molecular weight is 325 g/mol. The van der Waals surface area contributed by atoms with Gasteiger partial charge in [-0.1, -0.05) is 42.5 Å². The van der Waals surface area contributed by atoms with Crippen molar-refractivity contribution in [3.63, 3.8) is 0 Å². The molecule has 0 radical (unpaired) electrons. The maximum Gasteiger partial charge on any atom is 0.220 e. The largest absolute Gasteiger partial charge is 0.356 e. The van der Waals surface area contributed by atoms with E-state index in [1.54, 1.807) is 0 Å². The van der Waals surface area contributed by atoms with Crippen molar-refractivity contribution in [3.05, 3.63) is 48.0 Å². The zero-order chi connectivity index (χ0) is 16.6. The van der Waals surface area contributed by atoms with Crippen LogP contribution >= 0.6 is 0 Å². The molecule has 128 valence electrons. The van der Waals surface area contributed by atoms with Crippen molar-refractivity contribution in [3.8, 4) is 0 Å².